The van der Waals surface area contributed by atoms with Gasteiger partial charge in [-0.15, -0.1) is 11.3 Å². The van der Waals surface area contributed by atoms with Crippen LogP contribution in [-0.2, 0) is 4.79 Å². The maximum atomic E-state index is 12.3. The van der Waals surface area contributed by atoms with Crippen molar-refractivity contribution in [3.63, 3.8) is 0 Å². The van der Waals surface area contributed by atoms with Crippen molar-refractivity contribution in [3.8, 4) is 0 Å². The van der Waals surface area contributed by atoms with Crippen LogP contribution in [0.1, 0.15) is 33.0 Å². The third-order valence-electron chi connectivity index (χ3n) is 3.62. The van der Waals surface area contributed by atoms with E-state index >= 15 is 0 Å². The third-order valence-corrected chi connectivity index (χ3v) is 4.58. The van der Waals surface area contributed by atoms with Gasteiger partial charge in [0.2, 0.25) is 5.91 Å². The minimum absolute atomic E-state index is 0.105. The lowest BCUT2D eigenvalue weighted by Gasteiger charge is -2.30. The van der Waals surface area contributed by atoms with Crippen LogP contribution in [0.3, 0.4) is 0 Å². The van der Waals surface area contributed by atoms with Gasteiger partial charge in [0, 0.05) is 21.9 Å². The molecule has 0 saturated carbocycles. The van der Waals surface area contributed by atoms with E-state index in [1.807, 2.05) is 24.8 Å². The molecule has 0 aromatic carbocycles. The van der Waals surface area contributed by atoms with Crippen molar-refractivity contribution in [2.75, 3.05) is 19.6 Å². The van der Waals surface area contributed by atoms with Crippen molar-refractivity contribution in [1.29, 1.82) is 0 Å². The van der Waals surface area contributed by atoms with Gasteiger partial charge in [-0.25, -0.2) is 0 Å². The molecule has 1 unspecified atom stereocenters. The van der Waals surface area contributed by atoms with Gasteiger partial charge in [-0.05, 0) is 39.3 Å². The molecular weight excluding hydrogens is 260 g/mol. The Morgan fingerprint density at radius 3 is 2.79 bits per heavy atom. The van der Waals surface area contributed by atoms with Crippen LogP contribution in [0.5, 0.6) is 0 Å². The van der Waals surface area contributed by atoms with Crippen molar-refractivity contribution in [3.05, 3.63) is 21.4 Å². The first-order valence-corrected chi connectivity index (χ1v) is 7.41. The van der Waals surface area contributed by atoms with Gasteiger partial charge in [-0.2, -0.15) is 0 Å². The van der Waals surface area contributed by atoms with Gasteiger partial charge in [0.15, 0.2) is 5.78 Å². The van der Waals surface area contributed by atoms with Crippen LogP contribution in [0, 0.1) is 19.8 Å². The number of carbonyl (C=O) groups is 2. The van der Waals surface area contributed by atoms with E-state index in [0.717, 1.165) is 34.7 Å². The van der Waals surface area contributed by atoms with Gasteiger partial charge >= 0.3 is 0 Å². The molecule has 1 saturated heterocycles. The predicted octanol–water partition coefficient (Wildman–Crippen LogP) is 1.74. The van der Waals surface area contributed by atoms with Crippen molar-refractivity contribution in [2.45, 2.75) is 26.7 Å². The van der Waals surface area contributed by atoms with Crippen molar-refractivity contribution < 1.29 is 9.59 Å². The Kier molecular flexibility index (Phi) is 4.37. The Morgan fingerprint density at radius 2 is 2.21 bits per heavy atom. The number of primary amides is 1. The molecule has 1 fully saturated rings. The van der Waals surface area contributed by atoms with E-state index in [2.05, 4.69) is 0 Å². The fourth-order valence-corrected chi connectivity index (χ4v) is 3.57. The van der Waals surface area contributed by atoms with Crippen LogP contribution in [-0.4, -0.2) is 36.2 Å². The lowest BCUT2D eigenvalue weighted by atomic mass is 9.97. The molecule has 1 aliphatic heterocycles. The van der Waals surface area contributed by atoms with Gasteiger partial charge in [-0.3, -0.25) is 14.5 Å². The zero-order valence-corrected chi connectivity index (χ0v) is 12.3. The average molecular weight is 280 g/mol. The lowest BCUT2D eigenvalue weighted by Crippen LogP contribution is -2.43. The van der Waals surface area contributed by atoms with E-state index in [-0.39, 0.29) is 17.6 Å². The molecule has 19 heavy (non-hydrogen) atoms. The summed E-state index contributed by atoms with van der Waals surface area (Å²) in [5.41, 5.74) is 6.17. The number of piperidine rings is 1. The van der Waals surface area contributed by atoms with Crippen LogP contribution in [0.4, 0.5) is 0 Å². The van der Waals surface area contributed by atoms with Crippen LogP contribution in [0.25, 0.3) is 0 Å². The molecule has 1 aromatic heterocycles. The molecule has 0 bridgehead atoms. The summed E-state index contributed by atoms with van der Waals surface area (Å²) < 4.78 is 0. The second-order valence-corrected chi connectivity index (χ2v) is 6.69. The summed E-state index contributed by atoms with van der Waals surface area (Å²) in [6.45, 7) is 5.87. The van der Waals surface area contributed by atoms with Gasteiger partial charge < -0.3 is 5.73 Å². The Labute approximate surface area is 117 Å². The quantitative estimate of drug-likeness (QED) is 0.855. The molecule has 5 heteroatoms. The molecule has 1 aliphatic rings. The smallest absolute Gasteiger partial charge is 0.221 e. The third kappa shape index (κ3) is 3.42. The SMILES string of the molecule is Cc1cc(C(=O)CN2CCCC(C(N)=O)C2)c(C)s1. The monoisotopic (exact) mass is 280 g/mol. The second-order valence-electron chi connectivity index (χ2n) is 5.23. The largest absolute Gasteiger partial charge is 0.369 e. The number of rotatable bonds is 4. The number of Topliss-reactive ketones (excluding diaryl/α,β-unsaturated/α-hetero) is 1. The number of amides is 1. The highest BCUT2D eigenvalue weighted by Crippen LogP contribution is 2.22. The number of thiophene rings is 1. The summed E-state index contributed by atoms with van der Waals surface area (Å²) in [6.07, 6.45) is 1.78. The molecular formula is C14H20N2O2S. The van der Waals surface area contributed by atoms with Gasteiger partial charge in [0.1, 0.15) is 0 Å². The molecule has 0 spiro atoms. The van der Waals surface area contributed by atoms with Gasteiger partial charge in [0.05, 0.1) is 12.5 Å². The predicted molar refractivity (Wildman–Crippen MR) is 76.5 cm³/mol. The van der Waals surface area contributed by atoms with Crippen LogP contribution in [0.15, 0.2) is 6.07 Å². The number of hydrogen-bond donors (Lipinski definition) is 1. The first-order valence-electron chi connectivity index (χ1n) is 6.59. The van der Waals surface area contributed by atoms with Crippen molar-refractivity contribution in [2.24, 2.45) is 11.7 Å². The minimum Gasteiger partial charge on any atom is -0.369 e. The maximum absolute atomic E-state index is 12.3. The number of likely N-dealkylation sites (tertiary alicyclic amines) is 1. The van der Waals surface area contributed by atoms with Gasteiger partial charge in [0.25, 0.3) is 0 Å². The Morgan fingerprint density at radius 1 is 1.47 bits per heavy atom. The number of nitrogens with two attached hydrogens (primary N) is 1. The molecule has 0 aliphatic carbocycles. The molecule has 2 N–H and O–H groups in total. The molecule has 1 amide bonds. The summed E-state index contributed by atoms with van der Waals surface area (Å²) in [4.78, 5) is 27.8. The van der Waals surface area contributed by atoms with Crippen molar-refractivity contribution >= 4 is 23.0 Å². The molecule has 1 aromatic rings. The van der Waals surface area contributed by atoms with Gasteiger partial charge in [-0.1, -0.05) is 0 Å². The molecule has 0 radical (unpaired) electrons. The normalized spacial score (nSPS) is 20.4. The number of hydrogen-bond acceptors (Lipinski definition) is 4. The van der Waals surface area contributed by atoms with E-state index in [1.165, 1.54) is 0 Å². The summed E-state index contributed by atoms with van der Waals surface area (Å²) in [7, 11) is 0. The fourth-order valence-electron chi connectivity index (χ4n) is 2.63. The number of aryl methyl sites for hydroxylation is 2. The van der Waals surface area contributed by atoms with Crippen molar-refractivity contribution in [1.82, 2.24) is 4.90 Å². The number of ketones is 1. The van der Waals surface area contributed by atoms with Crippen LogP contribution < -0.4 is 5.73 Å². The lowest BCUT2D eigenvalue weighted by molar-refractivity contribution is -0.123. The average Bonchev–Trinajstić information content (AvgIpc) is 2.69. The highest BCUT2D eigenvalue weighted by atomic mass is 32.1. The molecule has 104 valence electrons. The highest BCUT2D eigenvalue weighted by Gasteiger charge is 2.25. The summed E-state index contributed by atoms with van der Waals surface area (Å²) in [5, 5.41) is 0. The first kappa shape index (κ1) is 14.2. The first-order chi connectivity index (χ1) is 8.97. The minimum atomic E-state index is -0.250. The number of carbonyl (C=O) groups excluding carboxylic acids is 2. The second kappa shape index (κ2) is 5.84. The van der Waals surface area contributed by atoms with E-state index < -0.39 is 0 Å². The highest BCUT2D eigenvalue weighted by molar-refractivity contribution is 7.12. The van der Waals surface area contributed by atoms with Crippen LogP contribution in [0.2, 0.25) is 0 Å². The summed E-state index contributed by atoms with van der Waals surface area (Å²) in [5.74, 6) is -0.210. The fraction of sp³-hybridized carbons (Fsp3) is 0.571. The Hall–Kier alpha value is -1.20. The Balaban J connectivity index is 1.99. The zero-order valence-electron chi connectivity index (χ0n) is 11.4. The summed E-state index contributed by atoms with van der Waals surface area (Å²) >= 11 is 1.65. The maximum Gasteiger partial charge on any atom is 0.221 e. The van der Waals surface area contributed by atoms with Crippen LogP contribution >= 0.6 is 11.3 Å². The number of nitrogens with zero attached hydrogens (tertiary/aromatic N) is 1. The molecule has 1 atom stereocenters. The molecule has 2 heterocycles. The topological polar surface area (TPSA) is 63.4 Å². The molecule has 2 rings (SSSR count). The summed E-state index contributed by atoms with van der Waals surface area (Å²) in [6, 6.07) is 1.96. The zero-order chi connectivity index (χ0) is 14.0. The Bertz CT molecular complexity index is 496. The van der Waals surface area contributed by atoms with E-state index in [1.54, 1.807) is 11.3 Å². The standard InChI is InChI=1S/C14H20N2O2S/c1-9-6-12(10(2)19-9)13(17)8-16-5-3-4-11(7-16)14(15)18/h6,11H,3-5,7-8H2,1-2H3,(H2,15,18). The van der Waals surface area contributed by atoms with E-state index in [4.69, 9.17) is 5.73 Å². The molecule has 4 nitrogen and oxygen atoms in total. The van der Waals surface area contributed by atoms with E-state index in [0.29, 0.717) is 13.1 Å². The van der Waals surface area contributed by atoms with E-state index in [9.17, 15) is 9.59 Å².